The highest BCUT2D eigenvalue weighted by atomic mass is 19.2. The van der Waals surface area contributed by atoms with Crippen molar-refractivity contribution in [1.82, 2.24) is 0 Å². The smallest absolute Gasteiger partial charge is 0.211 e. The van der Waals surface area contributed by atoms with E-state index in [0.29, 0.717) is 18.9 Å². The lowest BCUT2D eigenvalue weighted by atomic mass is 9.88. The summed E-state index contributed by atoms with van der Waals surface area (Å²) >= 11 is 0. The first kappa shape index (κ1) is 11.9. The molecule has 5 heteroatoms. The Hall–Kier alpha value is -1.61. The molecule has 0 saturated heterocycles. The maximum absolute atomic E-state index is 13.7. The Kier molecular flexibility index (Phi) is 3.03. The highest BCUT2D eigenvalue weighted by Crippen LogP contribution is 2.43. The van der Waals surface area contributed by atoms with Crippen molar-refractivity contribution in [2.75, 3.05) is 0 Å². The van der Waals surface area contributed by atoms with Crippen LogP contribution in [0.15, 0.2) is 17.1 Å². The van der Waals surface area contributed by atoms with Crippen LogP contribution in [0.2, 0.25) is 0 Å². The molecule has 1 aromatic carbocycles. The normalized spacial score (nSPS) is 17.8. The van der Waals surface area contributed by atoms with Gasteiger partial charge in [0.25, 0.3) is 0 Å². The van der Waals surface area contributed by atoms with Gasteiger partial charge < -0.3 is 0 Å². The van der Waals surface area contributed by atoms with Crippen molar-refractivity contribution in [3.63, 3.8) is 0 Å². The standard InChI is InChI=1S/C12H10F3NO/c13-8-5-9(11(15)10(14)6-8)12(16-7-17)3-1-2-4-12/h5-6H,1-4H2. The Morgan fingerprint density at radius 3 is 2.41 bits per heavy atom. The Morgan fingerprint density at radius 2 is 1.82 bits per heavy atom. The topological polar surface area (TPSA) is 29.4 Å². The van der Waals surface area contributed by atoms with E-state index in [4.69, 9.17) is 0 Å². The first-order valence-corrected chi connectivity index (χ1v) is 5.33. The molecule has 1 aromatic rings. The summed E-state index contributed by atoms with van der Waals surface area (Å²) in [4.78, 5) is 14.0. The number of hydrogen-bond donors (Lipinski definition) is 0. The molecule has 0 heterocycles. The average Bonchev–Trinajstić information content (AvgIpc) is 2.73. The molecule has 0 spiro atoms. The van der Waals surface area contributed by atoms with Crippen LogP contribution >= 0.6 is 0 Å². The fourth-order valence-electron chi connectivity index (χ4n) is 2.38. The van der Waals surface area contributed by atoms with E-state index in [2.05, 4.69) is 4.99 Å². The Morgan fingerprint density at radius 1 is 1.18 bits per heavy atom. The van der Waals surface area contributed by atoms with E-state index in [1.807, 2.05) is 0 Å². The third-order valence-corrected chi connectivity index (χ3v) is 3.18. The SMILES string of the molecule is O=C=NC1(c2cc(F)cc(F)c2F)CCCC1. The molecule has 17 heavy (non-hydrogen) atoms. The number of aliphatic imine (C=N–C) groups is 1. The van der Waals surface area contributed by atoms with Gasteiger partial charge in [0.05, 0.1) is 0 Å². The predicted octanol–water partition coefficient (Wildman–Crippen LogP) is 3.21. The van der Waals surface area contributed by atoms with Crippen LogP contribution in [-0.2, 0) is 10.3 Å². The number of halogens is 3. The van der Waals surface area contributed by atoms with Crippen LogP contribution in [0.5, 0.6) is 0 Å². The van der Waals surface area contributed by atoms with Crippen molar-refractivity contribution >= 4 is 6.08 Å². The van der Waals surface area contributed by atoms with Gasteiger partial charge in [0, 0.05) is 11.6 Å². The molecule has 1 saturated carbocycles. The van der Waals surface area contributed by atoms with E-state index in [1.54, 1.807) is 0 Å². The molecule has 1 fully saturated rings. The maximum Gasteiger partial charge on any atom is 0.235 e. The van der Waals surface area contributed by atoms with Crippen molar-refractivity contribution in [2.24, 2.45) is 4.99 Å². The zero-order valence-electron chi connectivity index (χ0n) is 8.97. The van der Waals surface area contributed by atoms with Gasteiger partial charge in [-0.25, -0.2) is 18.0 Å². The minimum Gasteiger partial charge on any atom is -0.211 e. The minimum atomic E-state index is -1.26. The number of hydrogen-bond acceptors (Lipinski definition) is 2. The summed E-state index contributed by atoms with van der Waals surface area (Å²) in [5.74, 6) is -3.26. The predicted molar refractivity (Wildman–Crippen MR) is 54.6 cm³/mol. The van der Waals surface area contributed by atoms with Gasteiger partial charge in [0.1, 0.15) is 11.4 Å². The Bertz CT molecular complexity index is 489. The van der Waals surface area contributed by atoms with Gasteiger partial charge in [-0.3, -0.25) is 0 Å². The van der Waals surface area contributed by atoms with E-state index in [-0.39, 0.29) is 5.56 Å². The molecular formula is C12H10F3NO. The number of nitrogens with zero attached hydrogens (tertiary/aromatic N) is 1. The third kappa shape index (κ3) is 1.98. The van der Waals surface area contributed by atoms with Gasteiger partial charge in [-0.1, -0.05) is 12.8 Å². The first-order valence-electron chi connectivity index (χ1n) is 5.33. The van der Waals surface area contributed by atoms with Crippen molar-refractivity contribution in [3.05, 3.63) is 35.1 Å². The molecule has 0 unspecified atom stereocenters. The van der Waals surface area contributed by atoms with E-state index < -0.39 is 23.0 Å². The Labute approximate surface area is 96.2 Å². The molecule has 1 aliphatic carbocycles. The van der Waals surface area contributed by atoms with Crippen LogP contribution < -0.4 is 0 Å². The minimum absolute atomic E-state index is 0.184. The molecule has 0 N–H and O–H groups in total. The summed E-state index contributed by atoms with van der Waals surface area (Å²) in [5.41, 5.74) is -1.33. The molecule has 0 amide bonds. The molecule has 90 valence electrons. The molecule has 2 nitrogen and oxygen atoms in total. The summed E-state index contributed by atoms with van der Waals surface area (Å²) in [6, 6.07) is 1.39. The fraction of sp³-hybridized carbons (Fsp3) is 0.417. The van der Waals surface area contributed by atoms with E-state index in [1.165, 1.54) is 6.08 Å². The van der Waals surface area contributed by atoms with Crippen molar-refractivity contribution in [3.8, 4) is 0 Å². The number of rotatable bonds is 2. The van der Waals surface area contributed by atoms with Crippen LogP contribution in [0, 0.1) is 17.5 Å². The maximum atomic E-state index is 13.7. The largest absolute Gasteiger partial charge is 0.235 e. The van der Waals surface area contributed by atoms with Crippen LogP contribution in [0.3, 0.4) is 0 Å². The fourth-order valence-corrected chi connectivity index (χ4v) is 2.38. The van der Waals surface area contributed by atoms with Crippen molar-refractivity contribution < 1.29 is 18.0 Å². The summed E-state index contributed by atoms with van der Waals surface area (Å²) in [6.45, 7) is 0. The van der Waals surface area contributed by atoms with Crippen molar-refractivity contribution in [2.45, 2.75) is 31.2 Å². The molecule has 0 atom stereocenters. The van der Waals surface area contributed by atoms with Gasteiger partial charge in [0.2, 0.25) is 6.08 Å². The summed E-state index contributed by atoms with van der Waals surface area (Å²) in [6.07, 6.45) is 3.67. The second-order valence-electron chi connectivity index (χ2n) is 4.19. The van der Waals surface area contributed by atoms with E-state index in [0.717, 1.165) is 18.9 Å². The zero-order valence-corrected chi connectivity index (χ0v) is 8.97. The van der Waals surface area contributed by atoms with Crippen molar-refractivity contribution in [1.29, 1.82) is 0 Å². The quantitative estimate of drug-likeness (QED) is 0.444. The van der Waals surface area contributed by atoms with E-state index >= 15 is 0 Å². The first-order chi connectivity index (χ1) is 8.09. The van der Waals surface area contributed by atoms with E-state index in [9.17, 15) is 18.0 Å². The molecule has 2 rings (SSSR count). The zero-order chi connectivity index (χ0) is 12.5. The lowest BCUT2D eigenvalue weighted by Crippen LogP contribution is -2.21. The third-order valence-electron chi connectivity index (χ3n) is 3.18. The monoisotopic (exact) mass is 241 g/mol. The lowest BCUT2D eigenvalue weighted by molar-refractivity contribution is 0.404. The van der Waals surface area contributed by atoms with Gasteiger partial charge in [-0.05, 0) is 18.9 Å². The molecule has 1 aliphatic rings. The van der Waals surface area contributed by atoms with Gasteiger partial charge in [-0.2, -0.15) is 4.99 Å². The molecule has 0 aliphatic heterocycles. The average molecular weight is 241 g/mol. The van der Waals surface area contributed by atoms with Gasteiger partial charge in [-0.15, -0.1) is 0 Å². The Balaban J connectivity index is 2.61. The van der Waals surface area contributed by atoms with Crippen LogP contribution in [0.25, 0.3) is 0 Å². The second-order valence-corrected chi connectivity index (χ2v) is 4.19. The lowest BCUT2D eigenvalue weighted by Gasteiger charge is -2.23. The molecule has 0 bridgehead atoms. The summed E-state index contributed by atoms with van der Waals surface area (Å²) in [7, 11) is 0. The van der Waals surface area contributed by atoms with Crippen LogP contribution in [-0.4, -0.2) is 6.08 Å². The highest BCUT2D eigenvalue weighted by molar-refractivity contribution is 5.39. The second kappa shape index (κ2) is 4.34. The molecular weight excluding hydrogens is 231 g/mol. The molecule has 0 radical (unpaired) electrons. The number of carbonyl (C=O) groups excluding carboxylic acids is 1. The van der Waals surface area contributed by atoms with Crippen LogP contribution in [0.1, 0.15) is 31.2 Å². The summed E-state index contributed by atoms with van der Waals surface area (Å²) in [5, 5.41) is 0. The number of isocyanates is 1. The highest BCUT2D eigenvalue weighted by Gasteiger charge is 2.39. The molecule has 0 aromatic heterocycles. The summed E-state index contributed by atoms with van der Waals surface area (Å²) < 4.78 is 39.9. The van der Waals surface area contributed by atoms with Gasteiger partial charge in [0.15, 0.2) is 11.6 Å². The van der Waals surface area contributed by atoms with Gasteiger partial charge >= 0.3 is 0 Å². The van der Waals surface area contributed by atoms with Crippen LogP contribution in [0.4, 0.5) is 13.2 Å². The number of benzene rings is 1.